The largest absolute Gasteiger partial charge is 0.380 e. The van der Waals surface area contributed by atoms with Gasteiger partial charge in [0, 0.05) is 17.7 Å². The summed E-state index contributed by atoms with van der Waals surface area (Å²) in [7, 11) is 0. The summed E-state index contributed by atoms with van der Waals surface area (Å²) >= 11 is 1.53. The van der Waals surface area contributed by atoms with Gasteiger partial charge >= 0.3 is 10.8 Å². The SMILES string of the molecule is O=[N+]([O-])c1ccc(C#CC(F)(F)C(F)(F)Br)cc1. The molecule has 3 nitrogen and oxygen atoms in total. The van der Waals surface area contributed by atoms with Crippen LogP contribution >= 0.6 is 15.9 Å². The van der Waals surface area contributed by atoms with Gasteiger partial charge < -0.3 is 0 Å². The van der Waals surface area contributed by atoms with E-state index in [0.717, 1.165) is 30.2 Å². The summed E-state index contributed by atoms with van der Waals surface area (Å²) in [6.07, 6.45) is 0. The van der Waals surface area contributed by atoms with E-state index in [-0.39, 0.29) is 11.3 Å². The van der Waals surface area contributed by atoms with E-state index < -0.39 is 15.7 Å². The number of rotatable bonds is 2. The first-order valence-corrected chi connectivity index (χ1v) is 5.15. The van der Waals surface area contributed by atoms with Gasteiger partial charge in [-0.25, -0.2) is 0 Å². The number of alkyl halides is 5. The Morgan fingerprint density at radius 2 is 1.67 bits per heavy atom. The van der Waals surface area contributed by atoms with E-state index >= 15 is 0 Å². The van der Waals surface area contributed by atoms with Gasteiger partial charge in [0.1, 0.15) is 0 Å². The Morgan fingerprint density at radius 3 is 2.06 bits per heavy atom. The topological polar surface area (TPSA) is 43.1 Å². The molecule has 1 aromatic rings. The van der Waals surface area contributed by atoms with Crippen molar-refractivity contribution in [2.24, 2.45) is 0 Å². The molecule has 1 aromatic carbocycles. The van der Waals surface area contributed by atoms with Crippen molar-refractivity contribution >= 4 is 21.6 Å². The molecule has 0 aliphatic carbocycles. The Kier molecular flexibility index (Phi) is 3.96. The van der Waals surface area contributed by atoms with Gasteiger partial charge in [-0.05, 0) is 34.0 Å². The zero-order valence-corrected chi connectivity index (χ0v) is 10.0. The maximum atomic E-state index is 12.7. The highest BCUT2D eigenvalue weighted by atomic mass is 79.9. The molecule has 0 amide bonds. The highest BCUT2D eigenvalue weighted by Gasteiger charge is 2.53. The van der Waals surface area contributed by atoms with Crippen LogP contribution in [0.3, 0.4) is 0 Å². The monoisotopic (exact) mass is 325 g/mol. The summed E-state index contributed by atoms with van der Waals surface area (Å²) in [5.74, 6) is -1.59. The molecule has 8 heteroatoms. The molecule has 0 bridgehead atoms. The van der Waals surface area contributed by atoms with Crippen LogP contribution in [-0.2, 0) is 0 Å². The number of nitrogens with zero attached hydrogens (tertiary/aromatic N) is 1. The Morgan fingerprint density at radius 1 is 1.17 bits per heavy atom. The number of halogens is 5. The van der Waals surface area contributed by atoms with Crippen LogP contribution in [0, 0.1) is 22.0 Å². The van der Waals surface area contributed by atoms with E-state index in [9.17, 15) is 27.7 Å². The van der Waals surface area contributed by atoms with Crippen LogP contribution in [0.25, 0.3) is 0 Å². The molecule has 0 fully saturated rings. The van der Waals surface area contributed by atoms with Crippen molar-refractivity contribution in [2.75, 3.05) is 0 Å². The lowest BCUT2D eigenvalue weighted by Crippen LogP contribution is -2.33. The van der Waals surface area contributed by atoms with Gasteiger partial charge in [-0.2, -0.15) is 17.6 Å². The molecule has 96 valence electrons. The number of non-ortho nitro benzene ring substituents is 1. The predicted octanol–water partition coefficient (Wildman–Crippen LogP) is 3.57. The highest BCUT2D eigenvalue weighted by Crippen LogP contribution is 2.38. The fourth-order valence-corrected chi connectivity index (χ4v) is 0.987. The average molecular weight is 326 g/mol. The minimum Gasteiger partial charge on any atom is -0.258 e. The van der Waals surface area contributed by atoms with Crippen molar-refractivity contribution in [2.45, 2.75) is 10.8 Å². The summed E-state index contributed by atoms with van der Waals surface area (Å²) in [4.78, 5) is 5.19. The first kappa shape index (κ1) is 14.4. The fraction of sp³-hybridized carbons (Fsp3) is 0.200. The van der Waals surface area contributed by atoms with Crippen LogP contribution in [0.4, 0.5) is 23.2 Å². The molecule has 0 unspecified atom stereocenters. The quantitative estimate of drug-likeness (QED) is 0.274. The first-order chi connectivity index (χ1) is 8.13. The van der Waals surface area contributed by atoms with E-state index in [1.807, 2.05) is 5.92 Å². The van der Waals surface area contributed by atoms with E-state index in [4.69, 9.17) is 0 Å². The Hall–Kier alpha value is -1.62. The number of nitro benzene ring substituents is 1. The third kappa shape index (κ3) is 3.43. The van der Waals surface area contributed by atoms with Gasteiger partial charge in [0.15, 0.2) is 0 Å². The molecular weight excluding hydrogens is 322 g/mol. The number of hydrogen-bond acceptors (Lipinski definition) is 2. The summed E-state index contributed by atoms with van der Waals surface area (Å²) in [5.41, 5.74) is -0.282. The molecule has 1 rings (SSSR count). The Bertz CT molecular complexity index is 513. The summed E-state index contributed by atoms with van der Waals surface area (Å²) < 4.78 is 50.2. The molecule has 0 heterocycles. The van der Waals surface area contributed by atoms with E-state index in [2.05, 4.69) is 0 Å². The van der Waals surface area contributed by atoms with Crippen LogP contribution in [0.15, 0.2) is 24.3 Å². The highest BCUT2D eigenvalue weighted by molar-refractivity contribution is 9.10. The van der Waals surface area contributed by atoms with Gasteiger partial charge in [0.25, 0.3) is 5.69 Å². The molecule has 0 saturated carbocycles. The van der Waals surface area contributed by atoms with Crippen molar-refractivity contribution in [3.8, 4) is 11.8 Å². The second-order valence-electron chi connectivity index (χ2n) is 3.13. The minimum absolute atomic E-state index is 0.0305. The van der Waals surface area contributed by atoms with Crippen LogP contribution in [-0.4, -0.2) is 15.7 Å². The van der Waals surface area contributed by atoms with E-state index in [0.29, 0.717) is 0 Å². The number of benzene rings is 1. The number of hydrogen-bond donors (Lipinski definition) is 0. The van der Waals surface area contributed by atoms with E-state index in [1.165, 1.54) is 15.9 Å². The van der Waals surface area contributed by atoms with Crippen molar-refractivity contribution in [3.05, 3.63) is 39.9 Å². The van der Waals surface area contributed by atoms with Crippen LogP contribution in [0.2, 0.25) is 0 Å². The van der Waals surface area contributed by atoms with Gasteiger partial charge in [0.2, 0.25) is 0 Å². The van der Waals surface area contributed by atoms with Crippen LogP contribution in [0.5, 0.6) is 0 Å². The van der Waals surface area contributed by atoms with E-state index in [1.54, 1.807) is 0 Å². The zero-order valence-electron chi connectivity index (χ0n) is 8.46. The van der Waals surface area contributed by atoms with Gasteiger partial charge in [0.05, 0.1) is 4.92 Å². The third-order valence-electron chi connectivity index (χ3n) is 1.80. The summed E-state index contributed by atoms with van der Waals surface area (Å²) in [6.45, 7) is 0. The maximum Gasteiger partial charge on any atom is 0.380 e. The maximum absolute atomic E-state index is 12.7. The van der Waals surface area contributed by atoms with Crippen LogP contribution < -0.4 is 0 Å². The predicted molar refractivity (Wildman–Crippen MR) is 58.8 cm³/mol. The lowest BCUT2D eigenvalue weighted by atomic mass is 10.2. The fourth-order valence-electron chi connectivity index (χ4n) is 0.888. The van der Waals surface area contributed by atoms with Crippen molar-refractivity contribution in [1.29, 1.82) is 0 Å². The molecule has 0 spiro atoms. The molecule has 0 aliphatic rings. The smallest absolute Gasteiger partial charge is 0.258 e. The summed E-state index contributed by atoms with van der Waals surface area (Å²) in [6, 6.07) is 4.25. The van der Waals surface area contributed by atoms with Gasteiger partial charge in [-0.15, -0.1) is 0 Å². The van der Waals surface area contributed by atoms with Crippen molar-refractivity contribution < 1.29 is 22.5 Å². The molecule has 0 aromatic heterocycles. The second kappa shape index (κ2) is 4.94. The normalized spacial score (nSPS) is 11.6. The lowest BCUT2D eigenvalue weighted by molar-refractivity contribution is -0.384. The molecule has 0 aliphatic heterocycles. The molecule has 0 saturated heterocycles. The zero-order chi connectivity index (χ0) is 14.0. The van der Waals surface area contributed by atoms with Crippen molar-refractivity contribution in [3.63, 3.8) is 0 Å². The molecule has 0 N–H and O–H groups in total. The number of nitro groups is 1. The molecule has 18 heavy (non-hydrogen) atoms. The standard InChI is InChI=1S/C10H4BrF4NO2/c11-10(14,15)9(12,13)6-5-7-1-3-8(4-2-7)16(17)18/h1-4H. The third-order valence-corrected chi connectivity index (χ3v) is 2.30. The summed E-state index contributed by atoms with van der Waals surface area (Å²) in [5, 5.41) is 10.3. The average Bonchev–Trinajstić information content (AvgIpc) is 2.25. The lowest BCUT2D eigenvalue weighted by Gasteiger charge is -2.14. The molecule has 0 radical (unpaired) electrons. The first-order valence-electron chi connectivity index (χ1n) is 4.36. The Labute approximate surface area is 107 Å². The minimum atomic E-state index is -4.53. The van der Waals surface area contributed by atoms with Crippen LogP contribution in [0.1, 0.15) is 5.56 Å². The van der Waals surface area contributed by atoms with Crippen molar-refractivity contribution in [1.82, 2.24) is 0 Å². The Balaban J connectivity index is 2.96. The molecular formula is C10H4BrF4NO2. The van der Waals surface area contributed by atoms with Gasteiger partial charge in [-0.1, -0.05) is 5.92 Å². The molecule has 0 atom stereocenters. The van der Waals surface area contributed by atoms with Gasteiger partial charge in [-0.3, -0.25) is 10.1 Å². The second-order valence-corrected chi connectivity index (χ2v) is 4.12.